The molecule has 2 fully saturated rings. The molecule has 3 aliphatic rings. The predicted octanol–water partition coefficient (Wildman–Crippen LogP) is 3.75. The molecule has 0 spiro atoms. The number of hydrogen-bond acceptors (Lipinski definition) is 2. The molecule has 3 rings (SSSR count). The van der Waals surface area contributed by atoms with Gasteiger partial charge in [0.25, 0.3) is 0 Å². The summed E-state index contributed by atoms with van der Waals surface area (Å²) in [5, 5.41) is 0. The van der Waals surface area contributed by atoms with E-state index < -0.39 is 5.67 Å². The summed E-state index contributed by atoms with van der Waals surface area (Å²) < 4.78 is 13.8. The van der Waals surface area contributed by atoms with Crippen LogP contribution in [0.2, 0.25) is 0 Å². The summed E-state index contributed by atoms with van der Waals surface area (Å²) in [5.41, 5.74) is 2.07. The van der Waals surface area contributed by atoms with Crippen molar-refractivity contribution < 1.29 is 4.39 Å². The third kappa shape index (κ3) is 3.88. The highest BCUT2D eigenvalue weighted by molar-refractivity contribution is 5.36. The largest absolute Gasteiger partial charge is 0.373 e. The fraction of sp³-hybridized carbons (Fsp3) is 0.778. The minimum atomic E-state index is -1.07. The Labute approximate surface area is 128 Å². The first-order chi connectivity index (χ1) is 9.94. The number of rotatable bonds is 4. The molecule has 1 atom stereocenters. The average Bonchev–Trinajstić information content (AvgIpc) is 3.14. The number of halogens is 1. The van der Waals surface area contributed by atoms with Crippen LogP contribution in [0.1, 0.15) is 46.5 Å². The third-order valence-corrected chi connectivity index (χ3v) is 5.01. The van der Waals surface area contributed by atoms with Gasteiger partial charge in [-0.05, 0) is 45.1 Å². The van der Waals surface area contributed by atoms with Gasteiger partial charge in [0.15, 0.2) is 0 Å². The molecule has 0 aromatic heterocycles. The smallest absolute Gasteiger partial charge is 0.118 e. The molecule has 0 bridgehead atoms. The fourth-order valence-electron chi connectivity index (χ4n) is 3.77. The molecule has 2 heterocycles. The molecule has 2 nitrogen and oxygen atoms in total. The molecule has 0 N–H and O–H groups in total. The zero-order valence-electron chi connectivity index (χ0n) is 13.7. The van der Waals surface area contributed by atoms with Gasteiger partial charge < -0.3 is 9.80 Å². The molecule has 21 heavy (non-hydrogen) atoms. The van der Waals surface area contributed by atoms with E-state index in [0.717, 1.165) is 25.4 Å². The van der Waals surface area contributed by atoms with E-state index in [1.807, 2.05) is 0 Å². The first kappa shape index (κ1) is 15.1. The van der Waals surface area contributed by atoms with Gasteiger partial charge in [0.1, 0.15) is 5.67 Å². The van der Waals surface area contributed by atoms with Crippen molar-refractivity contribution in [1.82, 2.24) is 9.80 Å². The summed E-state index contributed by atoms with van der Waals surface area (Å²) in [6.07, 6.45) is 9.60. The normalized spacial score (nSPS) is 27.8. The number of piperidine rings is 1. The van der Waals surface area contributed by atoms with Crippen LogP contribution in [-0.4, -0.2) is 47.7 Å². The van der Waals surface area contributed by atoms with E-state index in [0.29, 0.717) is 12.6 Å². The van der Waals surface area contributed by atoms with Crippen LogP contribution in [0.5, 0.6) is 0 Å². The van der Waals surface area contributed by atoms with E-state index in [2.05, 4.69) is 29.0 Å². The van der Waals surface area contributed by atoms with Crippen LogP contribution in [0.25, 0.3) is 0 Å². The predicted molar refractivity (Wildman–Crippen MR) is 85.9 cm³/mol. The maximum Gasteiger partial charge on any atom is 0.118 e. The fourth-order valence-corrected chi connectivity index (χ4v) is 3.77. The summed E-state index contributed by atoms with van der Waals surface area (Å²) in [7, 11) is 0. The molecule has 1 saturated carbocycles. The first-order valence-corrected chi connectivity index (χ1v) is 8.53. The number of fused-ring (bicyclic) bond motifs is 1. The van der Waals surface area contributed by atoms with Crippen molar-refractivity contribution in [2.75, 3.05) is 26.2 Å². The second-order valence-electron chi connectivity index (χ2n) is 7.60. The Morgan fingerprint density at radius 3 is 2.62 bits per heavy atom. The second-order valence-corrected chi connectivity index (χ2v) is 7.60. The van der Waals surface area contributed by atoms with E-state index in [-0.39, 0.29) is 0 Å². The van der Waals surface area contributed by atoms with Crippen molar-refractivity contribution in [3.8, 4) is 0 Å². The zero-order chi connectivity index (χ0) is 15.0. The highest BCUT2D eigenvalue weighted by Crippen LogP contribution is 2.42. The molecule has 0 radical (unpaired) electrons. The number of likely N-dealkylation sites (tertiary alicyclic amines) is 1. The SMILES string of the molecule is CCC1=CN(C2CCN(CC(C)(C)F)CC2)CC2CC2=C1. The summed E-state index contributed by atoms with van der Waals surface area (Å²) in [4.78, 5) is 4.89. The summed E-state index contributed by atoms with van der Waals surface area (Å²) >= 11 is 0. The number of hydrogen-bond donors (Lipinski definition) is 0. The summed E-state index contributed by atoms with van der Waals surface area (Å²) in [5.74, 6) is 0.813. The third-order valence-electron chi connectivity index (χ3n) is 5.01. The van der Waals surface area contributed by atoms with Crippen molar-refractivity contribution in [3.05, 3.63) is 23.4 Å². The van der Waals surface area contributed by atoms with E-state index in [1.165, 1.54) is 31.4 Å². The molecular weight excluding hydrogens is 263 g/mol. The second kappa shape index (κ2) is 5.75. The molecule has 0 amide bonds. The molecule has 1 saturated heterocycles. The Morgan fingerprint density at radius 1 is 1.29 bits per heavy atom. The average molecular weight is 292 g/mol. The topological polar surface area (TPSA) is 6.48 Å². The maximum absolute atomic E-state index is 13.8. The van der Waals surface area contributed by atoms with Gasteiger partial charge in [-0.2, -0.15) is 0 Å². The summed E-state index contributed by atoms with van der Waals surface area (Å²) in [6.45, 7) is 9.47. The van der Waals surface area contributed by atoms with Gasteiger partial charge in [0.05, 0.1) is 0 Å². The van der Waals surface area contributed by atoms with Crippen LogP contribution in [0.4, 0.5) is 4.39 Å². The Hall–Kier alpha value is -0.830. The van der Waals surface area contributed by atoms with Crippen molar-refractivity contribution in [1.29, 1.82) is 0 Å². The Morgan fingerprint density at radius 2 is 2.00 bits per heavy atom. The minimum Gasteiger partial charge on any atom is -0.373 e. The lowest BCUT2D eigenvalue weighted by molar-refractivity contribution is 0.0823. The molecule has 2 aliphatic heterocycles. The summed E-state index contributed by atoms with van der Waals surface area (Å²) in [6, 6.07) is 0.652. The van der Waals surface area contributed by atoms with Crippen molar-refractivity contribution in [3.63, 3.8) is 0 Å². The van der Waals surface area contributed by atoms with Gasteiger partial charge in [0, 0.05) is 44.3 Å². The minimum absolute atomic E-state index is 0.574. The monoisotopic (exact) mass is 292 g/mol. The van der Waals surface area contributed by atoms with E-state index in [1.54, 1.807) is 19.4 Å². The number of alkyl halides is 1. The zero-order valence-corrected chi connectivity index (χ0v) is 13.7. The van der Waals surface area contributed by atoms with Crippen LogP contribution < -0.4 is 0 Å². The van der Waals surface area contributed by atoms with Gasteiger partial charge in [-0.15, -0.1) is 0 Å². The quantitative estimate of drug-likeness (QED) is 0.778. The molecule has 1 unspecified atom stereocenters. The lowest BCUT2D eigenvalue weighted by atomic mass is 10.0. The van der Waals surface area contributed by atoms with Gasteiger partial charge in [0.2, 0.25) is 0 Å². The van der Waals surface area contributed by atoms with E-state index >= 15 is 0 Å². The van der Waals surface area contributed by atoms with E-state index in [4.69, 9.17) is 0 Å². The molecule has 3 heteroatoms. The van der Waals surface area contributed by atoms with Crippen LogP contribution in [-0.2, 0) is 0 Å². The Bertz CT molecular complexity index is 439. The molecule has 0 aromatic rings. The molecule has 118 valence electrons. The van der Waals surface area contributed by atoms with Gasteiger partial charge >= 0.3 is 0 Å². The van der Waals surface area contributed by atoms with Crippen molar-refractivity contribution in [2.45, 2.75) is 58.2 Å². The lowest BCUT2D eigenvalue weighted by Gasteiger charge is -2.39. The maximum atomic E-state index is 13.8. The highest BCUT2D eigenvalue weighted by Gasteiger charge is 2.35. The van der Waals surface area contributed by atoms with Gasteiger partial charge in [-0.1, -0.05) is 18.6 Å². The van der Waals surface area contributed by atoms with E-state index in [9.17, 15) is 4.39 Å². The number of allylic oxidation sites excluding steroid dienone is 2. The molecule has 0 aromatic carbocycles. The van der Waals surface area contributed by atoms with Crippen LogP contribution in [0.3, 0.4) is 0 Å². The highest BCUT2D eigenvalue weighted by atomic mass is 19.1. The van der Waals surface area contributed by atoms with Crippen LogP contribution in [0, 0.1) is 5.92 Å². The number of nitrogens with zero attached hydrogens (tertiary/aromatic N) is 2. The van der Waals surface area contributed by atoms with Crippen molar-refractivity contribution >= 4 is 0 Å². The van der Waals surface area contributed by atoms with Gasteiger partial charge in [-0.3, -0.25) is 0 Å². The molecular formula is C18H29FN2. The van der Waals surface area contributed by atoms with Crippen molar-refractivity contribution in [2.24, 2.45) is 5.92 Å². The Kier molecular flexibility index (Phi) is 4.13. The lowest BCUT2D eigenvalue weighted by Crippen LogP contribution is -2.46. The van der Waals surface area contributed by atoms with Crippen LogP contribution in [0.15, 0.2) is 23.4 Å². The van der Waals surface area contributed by atoms with Crippen LogP contribution >= 0.6 is 0 Å². The Balaban J connectivity index is 1.57. The first-order valence-electron chi connectivity index (χ1n) is 8.53. The standard InChI is InChI=1S/C18H29FN2/c1-4-14-9-15-10-16(15)12-21(11-14)17-5-7-20(8-6-17)13-18(2,3)19/h9,11,16-17H,4-8,10,12-13H2,1-3H3. The van der Waals surface area contributed by atoms with Gasteiger partial charge in [-0.25, -0.2) is 4.39 Å². The molecule has 1 aliphatic carbocycles.